The van der Waals surface area contributed by atoms with Crippen LogP contribution in [-0.4, -0.2) is 50.4 Å². The Morgan fingerprint density at radius 1 is 1.24 bits per heavy atom. The van der Waals surface area contributed by atoms with Crippen LogP contribution in [0.4, 0.5) is 22.8 Å². The molecule has 0 bridgehead atoms. The van der Waals surface area contributed by atoms with E-state index < -0.39 is 35.6 Å². The number of halogens is 3. The Bertz CT molecular complexity index is 1220. The third kappa shape index (κ3) is 7.01. The van der Waals surface area contributed by atoms with Crippen LogP contribution in [-0.2, 0) is 17.3 Å². The van der Waals surface area contributed by atoms with Crippen LogP contribution < -0.4 is 5.32 Å². The lowest BCUT2D eigenvalue weighted by Gasteiger charge is -2.26. The van der Waals surface area contributed by atoms with Crippen LogP contribution in [0.5, 0.6) is 0 Å². The molecular formula is C25H30F3N5O5. The highest BCUT2D eigenvalue weighted by atomic mass is 19.4. The molecule has 1 aliphatic carbocycles. The zero-order valence-electron chi connectivity index (χ0n) is 21.3. The standard InChI is InChI=1S/C25H30F3N5O5/c1-24(2,3)37-23(36)31-21(30-22(34)35)33-12-4-5-18(33)20-29-19(32-38-20)16-11-10-15(9-8-14-6-7-14)17(13-16)25(26,27)28/h10-11,13-14,18H,4-9,12H2,1-3H3,(H,34,35)(H,30,31,36). The van der Waals surface area contributed by atoms with Crippen molar-refractivity contribution in [3.8, 4) is 11.4 Å². The molecule has 13 heteroatoms. The number of hydrogen-bond acceptors (Lipinski definition) is 6. The summed E-state index contributed by atoms with van der Waals surface area (Å²) in [7, 11) is 0. The third-order valence-electron chi connectivity index (χ3n) is 6.26. The van der Waals surface area contributed by atoms with Gasteiger partial charge in [-0.05, 0) is 64.0 Å². The Balaban J connectivity index is 1.57. The van der Waals surface area contributed by atoms with E-state index in [1.807, 2.05) is 0 Å². The van der Waals surface area contributed by atoms with Crippen LogP contribution in [0.25, 0.3) is 11.4 Å². The molecule has 2 heterocycles. The number of nitrogens with zero attached hydrogens (tertiary/aromatic N) is 4. The largest absolute Gasteiger partial charge is 0.463 e. The van der Waals surface area contributed by atoms with E-state index in [1.165, 1.54) is 11.0 Å². The van der Waals surface area contributed by atoms with Gasteiger partial charge in [-0.15, -0.1) is 4.99 Å². The van der Waals surface area contributed by atoms with E-state index in [9.17, 15) is 27.9 Å². The highest BCUT2D eigenvalue weighted by Gasteiger charge is 2.37. The second-order valence-electron chi connectivity index (χ2n) is 10.5. The second-order valence-corrected chi connectivity index (χ2v) is 10.5. The molecule has 0 spiro atoms. The smallest absolute Gasteiger partial charge is 0.434 e. The fourth-order valence-corrected chi connectivity index (χ4v) is 4.38. The Morgan fingerprint density at radius 3 is 2.61 bits per heavy atom. The number of alkyl halides is 3. The van der Waals surface area contributed by atoms with Crippen molar-refractivity contribution < 1.29 is 37.1 Å². The lowest BCUT2D eigenvalue weighted by molar-refractivity contribution is -0.138. The van der Waals surface area contributed by atoms with E-state index in [0.29, 0.717) is 31.7 Å². The Hall–Kier alpha value is -3.64. The van der Waals surface area contributed by atoms with E-state index in [1.54, 1.807) is 26.8 Å². The number of benzene rings is 1. The summed E-state index contributed by atoms with van der Waals surface area (Å²) in [6, 6.07) is 3.38. The summed E-state index contributed by atoms with van der Waals surface area (Å²) in [4.78, 5) is 32.9. The normalized spacial score (nSPS) is 18.5. The summed E-state index contributed by atoms with van der Waals surface area (Å²) in [5, 5.41) is 15.5. The van der Waals surface area contributed by atoms with Crippen LogP contribution in [0.15, 0.2) is 27.7 Å². The maximum Gasteiger partial charge on any atom is 0.434 e. The van der Waals surface area contributed by atoms with E-state index in [0.717, 1.165) is 25.3 Å². The number of likely N-dealkylation sites (tertiary alicyclic amines) is 1. The van der Waals surface area contributed by atoms with Crippen molar-refractivity contribution in [3.63, 3.8) is 0 Å². The van der Waals surface area contributed by atoms with Crippen LogP contribution in [0.3, 0.4) is 0 Å². The molecule has 2 N–H and O–H groups in total. The van der Waals surface area contributed by atoms with Crippen molar-refractivity contribution in [2.75, 3.05) is 6.54 Å². The average molecular weight is 538 g/mol. The van der Waals surface area contributed by atoms with Crippen molar-refractivity contribution in [1.82, 2.24) is 20.4 Å². The number of alkyl carbamates (subject to hydrolysis) is 1. The van der Waals surface area contributed by atoms with Crippen LogP contribution in [0.1, 0.15) is 75.9 Å². The first-order chi connectivity index (χ1) is 17.8. The molecule has 10 nitrogen and oxygen atoms in total. The number of rotatable bonds is 5. The molecule has 2 amide bonds. The van der Waals surface area contributed by atoms with Gasteiger partial charge in [0, 0.05) is 12.1 Å². The highest BCUT2D eigenvalue weighted by Crippen LogP contribution is 2.39. The number of aliphatic imine (C=N–C) groups is 1. The Morgan fingerprint density at radius 2 is 1.97 bits per heavy atom. The molecule has 1 unspecified atom stereocenters. The SMILES string of the molecule is CC(C)(C)OC(=O)NC(=NC(=O)O)N1CCCC1c1nc(-c2ccc(CCC3CC3)c(C(F)(F)F)c2)no1. The molecule has 206 valence electrons. The van der Waals surface area contributed by atoms with E-state index in [-0.39, 0.29) is 28.8 Å². The first kappa shape index (κ1) is 27.4. The molecule has 2 aliphatic rings. The number of carbonyl (C=O) groups is 2. The van der Waals surface area contributed by atoms with Gasteiger partial charge in [0.15, 0.2) is 0 Å². The number of carbonyl (C=O) groups excluding carboxylic acids is 1. The molecule has 4 rings (SSSR count). The van der Waals surface area contributed by atoms with Crippen molar-refractivity contribution in [1.29, 1.82) is 0 Å². The van der Waals surface area contributed by atoms with E-state index in [4.69, 9.17) is 9.26 Å². The molecule has 38 heavy (non-hydrogen) atoms. The molecule has 1 aromatic carbocycles. The fraction of sp³-hybridized carbons (Fsp3) is 0.560. The molecule has 1 saturated carbocycles. The van der Waals surface area contributed by atoms with Gasteiger partial charge in [-0.2, -0.15) is 18.2 Å². The van der Waals surface area contributed by atoms with E-state index in [2.05, 4.69) is 20.4 Å². The van der Waals surface area contributed by atoms with Gasteiger partial charge in [0.2, 0.25) is 17.7 Å². The zero-order valence-corrected chi connectivity index (χ0v) is 21.3. The minimum atomic E-state index is -4.53. The van der Waals surface area contributed by atoms with Crippen molar-refractivity contribution in [2.24, 2.45) is 10.9 Å². The molecule has 2 aromatic rings. The number of aromatic nitrogens is 2. The predicted octanol–water partition coefficient (Wildman–Crippen LogP) is 5.79. The number of hydrogen-bond donors (Lipinski definition) is 2. The summed E-state index contributed by atoms with van der Waals surface area (Å²) in [5.74, 6) is 0.272. The minimum Gasteiger partial charge on any atom is -0.463 e. The topological polar surface area (TPSA) is 130 Å². The van der Waals surface area contributed by atoms with Gasteiger partial charge >= 0.3 is 18.4 Å². The molecule has 0 radical (unpaired) electrons. The van der Waals surface area contributed by atoms with E-state index >= 15 is 0 Å². The minimum absolute atomic E-state index is 0.0251. The lowest BCUT2D eigenvalue weighted by atomic mass is 9.98. The number of ether oxygens (including phenoxy) is 1. The summed E-state index contributed by atoms with van der Waals surface area (Å²) in [5.41, 5.74) is -1.16. The first-order valence-corrected chi connectivity index (χ1v) is 12.4. The first-order valence-electron chi connectivity index (χ1n) is 12.4. The fourth-order valence-electron chi connectivity index (χ4n) is 4.38. The van der Waals surface area contributed by atoms with Crippen LogP contribution >= 0.6 is 0 Å². The van der Waals surface area contributed by atoms with Crippen LogP contribution in [0, 0.1) is 5.92 Å². The summed E-state index contributed by atoms with van der Waals surface area (Å²) >= 11 is 0. The molecule has 1 aliphatic heterocycles. The number of amides is 2. The van der Waals surface area contributed by atoms with Gasteiger partial charge in [-0.25, -0.2) is 9.59 Å². The van der Waals surface area contributed by atoms with Gasteiger partial charge < -0.3 is 19.3 Å². The summed E-state index contributed by atoms with van der Waals surface area (Å²) < 4.78 is 52.0. The average Bonchev–Trinajstić information content (AvgIpc) is 3.27. The highest BCUT2D eigenvalue weighted by molar-refractivity contribution is 5.98. The van der Waals surface area contributed by atoms with Gasteiger partial charge in [-0.3, -0.25) is 5.32 Å². The number of aryl methyl sites for hydroxylation is 1. The van der Waals surface area contributed by atoms with Crippen molar-refractivity contribution in [3.05, 3.63) is 35.2 Å². The lowest BCUT2D eigenvalue weighted by Crippen LogP contribution is -2.46. The molecule has 1 atom stereocenters. The quantitative estimate of drug-likeness (QED) is 0.362. The third-order valence-corrected chi connectivity index (χ3v) is 6.26. The summed E-state index contributed by atoms with van der Waals surface area (Å²) in [6.45, 7) is 5.29. The summed E-state index contributed by atoms with van der Waals surface area (Å²) in [6.07, 6.45) is -2.70. The zero-order chi connectivity index (χ0) is 27.7. The number of nitrogens with one attached hydrogen (secondary N) is 1. The predicted molar refractivity (Wildman–Crippen MR) is 129 cm³/mol. The number of guanidine groups is 1. The van der Waals surface area contributed by atoms with Crippen molar-refractivity contribution >= 4 is 18.1 Å². The maximum absolute atomic E-state index is 13.8. The Labute approximate surface area is 217 Å². The van der Waals surface area contributed by atoms with Gasteiger partial charge in [-0.1, -0.05) is 30.1 Å². The van der Waals surface area contributed by atoms with Crippen LogP contribution in [0.2, 0.25) is 0 Å². The van der Waals surface area contributed by atoms with Gasteiger partial charge in [0.25, 0.3) is 0 Å². The van der Waals surface area contributed by atoms with Gasteiger partial charge in [0.1, 0.15) is 11.6 Å². The maximum atomic E-state index is 13.8. The second kappa shape index (κ2) is 10.6. The van der Waals surface area contributed by atoms with Crippen molar-refractivity contribution in [2.45, 2.75) is 77.1 Å². The molecule has 2 fully saturated rings. The molecule has 1 saturated heterocycles. The van der Waals surface area contributed by atoms with Gasteiger partial charge in [0.05, 0.1) is 5.56 Å². The number of carboxylic acid groups (broad SMARTS) is 1. The monoisotopic (exact) mass is 537 g/mol. The Kier molecular flexibility index (Phi) is 7.65. The molecule has 1 aromatic heterocycles. The molecular weight excluding hydrogens is 507 g/mol.